The Labute approximate surface area is 125 Å². The van der Waals surface area contributed by atoms with Gasteiger partial charge in [-0.15, -0.1) is 24.0 Å². The number of likely N-dealkylation sites (tertiary alicyclic amines) is 1. The summed E-state index contributed by atoms with van der Waals surface area (Å²) in [5.41, 5.74) is 0.899. The van der Waals surface area contributed by atoms with Crippen LogP contribution in [0.3, 0.4) is 0 Å². The van der Waals surface area contributed by atoms with Crippen molar-refractivity contribution in [1.29, 1.82) is 0 Å². The van der Waals surface area contributed by atoms with Crippen LogP contribution < -0.4 is 5.32 Å². The molecule has 1 aromatic heterocycles. The van der Waals surface area contributed by atoms with Crippen LogP contribution in [0.4, 0.5) is 0 Å². The van der Waals surface area contributed by atoms with Gasteiger partial charge in [0.25, 0.3) is 0 Å². The lowest BCUT2D eigenvalue weighted by molar-refractivity contribution is 0.265. The van der Waals surface area contributed by atoms with E-state index in [1.807, 2.05) is 13.1 Å². The highest BCUT2D eigenvalue weighted by molar-refractivity contribution is 14.0. The smallest absolute Gasteiger partial charge is 0.193 e. The van der Waals surface area contributed by atoms with Crippen LogP contribution in [-0.2, 0) is 6.54 Å². The molecule has 1 unspecified atom stereocenters. The van der Waals surface area contributed by atoms with Gasteiger partial charge in [-0.1, -0.05) is 12.1 Å². The van der Waals surface area contributed by atoms with Gasteiger partial charge in [-0.25, -0.2) is 0 Å². The summed E-state index contributed by atoms with van der Waals surface area (Å²) in [5.74, 6) is 1.70. The molecule has 6 heteroatoms. The summed E-state index contributed by atoms with van der Waals surface area (Å²) in [4.78, 5) is 6.63. The van der Waals surface area contributed by atoms with Crippen molar-refractivity contribution in [1.82, 2.24) is 15.4 Å². The molecule has 0 aromatic carbocycles. The molecule has 1 fully saturated rings. The molecule has 102 valence electrons. The average molecular weight is 364 g/mol. The van der Waals surface area contributed by atoms with Crippen molar-refractivity contribution < 1.29 is 4.52 Å². The topological polar surface area (TPSA) is 53.7 Å². The second-order valence-electron chi connectivity index (χ2n) is 4.58. The third-order valence-corrected chi connectivity index (χ3v) is 3.09. The summed E-state index contributed by atoms with van der Waals surface area (Å²) in [5, 5.41) is 7.19. The normalized spacial score (nSPS) is 20.4. The fraction of sp³-hybridized carbons (Fsp3) is 0.667. The molecule has 2 heterocycles. The van der Waals surface area contributed by atoms with Gasteiger partial charge in [0.05, 0.1) is 6.54 Å². The van der Waals surface area contributed by atoms with E-state index in [4.69, 9.17) is 4.52 Å². The van der Waals surface area contributed by atoms with Crippen LogP contribution in [0.15, 0.2) is 21.8 Å². The molecule has 5 nitrogen and oxygen atoms in total. The lowest BCUT2D eigenvalue weighted by Crippen LogP contribution is -2.45. The number of guanidine groups is 1. The zero-order valence-corrected chi connectivity index (χ0v) is 13.3. The van der Waals surface area contributed by atoms with Crippen molar-refractivity contribution in [3.05, 3.63) is 18.0 Å². The maximum Gasteiger partial charge on any atom is 0.193 e. The number of aliphatic imine (C=N–C) groups is 1. The molecule has 0 spiro atoms. The Bertz CT molecular complexity index is 366. The molecule has 18 heavy (non-hydrogen) atoms. The Kier molecular flexibility index (Phi) is 6.45. The molecule has 1 saturated heterocycles. The number of piperidine rings is 1. The van der Waals surface area contributed by atoms with E-state index in [1.165, 1.54) is 12.8 Å². The van der Waals surface area contributed by atoms with E-state index < -0.39 is 0 Å². The molecule has 0 bridgehead atoms. The Morgan fingerprint density at radius 2 is 2.50 bits per heavy atom. The summed E-state index contributed by atoms with van der Waals surface area (Å²) in [7, 11) is 1.82. The molecule has 0 aliphatic carbocycles. The predicted octanol–water partition coefficient (Wildman–Crippen LogP) is 2.10. The lowest BCUT2D eigenvalue weighted by Gasteiger charge is -2.33. The molecule has 1 N–H and O–H groups in total. The van der Waals surface area contributed by atoms with Crippen molar-refractivity contribution in [3.8, 4) is 0 Å². The third-order valence-electron chi connectivity index (χ3n) is 3.09. The minimum atomic E-state index is 0. The van der Waals surface area contributed by atoms with Gasteiger partial charge in [0.1, 0.15) is 12.0 Å². The van der Waals surface area contributed by atoms with E-state index in [-0.39, 0.29) is 24.0 Å². The zero-order chi connectivity index (χ0) is 12.1. The molecule has 0 radical (unpaired) electrons. The van der Waals surface area contributed by atoms with E-state index in [2.05, 4.69) is 27.3 Å². The highest BCUT2D eigenvalue weighted by atomic mass is 127. The SMILES string of the molecule is CN=C(NCc1ccon1)N1CCCC(C)C1.I. The third kappa shape index (κ3) is 4.15. The van der Waals surface area contributed by atoms with Crippen LogP contribution in [0.1, 0.15) is 25.5 Å². The van der Waals surface area contributed by atoms with Gasteiger partial charge in [-0.2, -0.15) is 0 Å². The van der Waals surface area contributed by atoms with Crippen LogP contribution in [-0.4, -0.2) is 36.2 Å². The van der Waals surface area contributed by atoms with Crippen LogP contribution in [0.25, 0.3) is 0 Å². The van der Waals surface area contributed by atoms with Crippen LogP contribution >= 0.6 is 24.0 Å². The minimum absolute atomic E-state index is 0. The van der Waals surface area contributed by atoms with E-state index in [0.717, 1.165) is 30.7 Å². The lowest BCUT2D eigenvalue weighted by atomic mass is 10.0. The van der Waals surface area contributed by atoms with Crippen LogP contribution in [0.2, 0.25) is 0 Å². The summed E-state index contributed by atoms with van der Waals surface area (Å²) < 4.78 is 4.80. The second-order valence-corrected chi connectivity index (χ2v) is 4.58. The van der Waals surface area contributed by atoms with E-state index in [0.29, 0.717) is 6.54 Å². The largest absolute Gasteiger partial charge is 0.364 e. The molecule has 0 amide bonds. The van der Waals surface area contributed by atoms with Gasteiger partial charge in [0, 0.05) is 26.2 Å². The Balaban J connectivity index is 0.00000162. The number of nitrogens with one attached hydrogen (secondary N) is 1. The van der Waals surface area contributed by atoms with E-state index >= 15 is 0 Å². The van der Waals surface area contributed by atoms with Gasteiger partial charge in [-0.3, -0.25) is 4.99 Å². The summed E-state index contributed by atoms with van der Waals surface area (Å²) in [6.45, 7) is 5.12. The highest BCUT2D eigenvalue weighted by Crippen LogP contribution is 2.15. The molecule has 0 saturated carbocycles. The molecule has 1 aliphatic heterocycles. The highest BCUT2D eigenvalue weighted by Gasteiger charge is 2.19. The van der Waals surface area contributed by atoms with Gasteiger partial charge in [0.2, 0.25) is 0 Å². The number of rotatable bonds is 2. The molecule has 1 atom stereocenters. The fourth-order valence-electron chi connectivity index (χ4n) is 2.21. The van der Waals surface area contributed by atoms with Crippen LogP contribution in [0, 0.1) is 5.92 Å². The first-order valence-corrected chi connectivity index (χ1v) is 6.14. The van der Waals surface area contributed by atoms with Crippen molar-refractivity contribution in [2.75, 3.05) is 20.1 Å². The number of hydrogen-bond donors (Lipinski definition) is 1. The first-order valence-electron chi connectivity index (χ1n) is 6.14. The predicted molar refractivity (Wildman–Crippen MR) is 82.1 cm³/mol. The first-order chi connectivity index (χ1) is 8.29. The number of nitrogens with zero attached hydrogens (tertiary/aromatic N) is 3. The van der Waals surface area contributed by atoms with Crippen molar-refractivity contribution in [2.45, 2.75) is 26.3 Å². The monoisotopic (exact) mass is 364 g/mol. The van der Waals surface area contributed by atoms with Gasteiger partial charge in [0.15, 0.2) is 5.96 Å². The van der Waals surface area contributed by atoms with Crippen molar-refractivity contribution >= 4 is 29.9 Å². The minimum Gasteiger partial charge on any atom is -0.364 e. The second kappa shape index (κ2) is 7.60. The standard InChI is InChI=1S/C12H20N4O.HI/c1-10-4-3-6-16(9-10)12(13-2)14-8-11-5-7-17-15-11;/h5,7,10H,3-4,6,8-9H2,1-2H3,(H,13,14);1H. The number of hydrogen-bond acceptors (Lipinski definition) is 3. The number of halogens is 1. The molecule has 1 aromatic rings. The molecule has 2 rings (SSSR count). The molecular formula is C12H21IN4O. The van der Waals surface area contributed by atoms with Crippen LogP contribution in [0.5, 0.6) is 0 Å². The summed E-state index contributed by atoms with van der Waals surface area (Å²) in [6, 6.07) is 1.86. The van der Waals surface area contributed by atoms with Gasteiger partial charge >= 0.3 is 0 Å². The zero-order valence-electron chi connectivity index (χ0n) is 10.9. The quantitative estimate of drug-likeness (QED) is 0.496. The maximum atomic E-state index is 4.80. The van der Waals surface area contributed by atoms with Gasteiger partial charge in [-0.05, 0) is 18.8 Å². The Morgan fingerprint density at radius 3 is 3.11 bits per heavy atom. The van der Waals surface area contributed by atoms with Gasteiger partial charge < -0.3 is 14.7 Å². The maximum absolute atomic E-state index is 4.80. The molecule has 1 aliphatic rings. The Morgan fingerprint density at radius 1 is 1.67 bits per heavy atom. The summed E-state index contributed by atoms with van der Waals surface area (Å²) in [6.07, 6.45) is 4.14. The van der Waals surface area contributed by atoms with Crippen molar-refractivity contribution in [3.63, 3.8) is 0 Å². The fourth-order valence-corrected chi connectivity index (χ4v) is 2.21. The summed E-state index contributed by atoms with van der Waals surface area (Å²) >= 11 is 0. The average Bonchev–Trinajstić information content (AvgIpc) is 2.83. The number of aromatic nitrogens is 1. The first kappa shape index (κ1) is 15.3. The molecular weight excluding hydrogens is 343 g/mol. The van der Waals surface area contributed by atoms with Crippen molar-refractivity contribution in [2.24, 2.45) is 10.9 Å². The van der Waals surface area contributed by atoms with E-state index in [9.17, 15) is 0 Å². The Hall–Kier alpha value is -0.790. The van der Waals surface area contributed by atoms with E-state index in [1.54, 1.807) is 6.26 Å².